The SMILES string of the molecule is C[C@@H](c1nc(-c2ccc(C#N)cc2)cs1)C(Cn1cncn1)(OCOC(=O)c1ccccc1OP(C)(C)=O)c1ccc(F)cc1F. The second-order valence-electron chi connectivity index (χ2n) is 10.6. The molecule has 0 saturated heterocycles. The van der Waals surface area contributed by atoms with Crippen molar-refractivity contribution >= 4 is 24.7 Å². The molecule has 0 aliphatic heterocycles. The third-order valence-electron chi connectivity index (χ3n) is 7.08. The fourth-order valence-corrected chi connectivity index (χ4v) is 6.44. The standard InChI is InChI=1S/C32H28F2N5O5PS/c1-21(30-38-28(16-46-30)23-10-8-22(15-35)9-11-23)32(17-39-19-36-18-37-39,26-13-12-24(33)14-27(26)34)43-20-42-31(40)25-6-4-5-7-29(25)44-45(2,3)41/h4-14,16,18-19,21H,17,20H2,1-3H3/t21-,32?/m0/s1. The van der Waals surface area contributed by atoms with Gasteiger partial charge in [-0.2, -0.15) is 10.4 Å². The summed E-state index contributed by atoms with van der Waals surface area (Å²) in [5.74, 6) is -3.14. The molecule has 236 valence electrons. The molecule has 2 heterocycles. The van der Waals surface area contributed by atoms with Gasteiger partial charge >= 0.3 is 5.97 Å². The average molecular weight is 664 g/mol. The molecule has 5 aromatic rings. The third kappa shape index (κ3) is 7.37. The van der Waals surface area contributed by atoms with Gasteiger partial charge in [0.1, 0.15) is 41.2 Å². The summed E-state index contributed by atoms with van der Waals surface area (Å²) in [7, 11) is -3.01. The molecule has 0 aliphatic carbocycles. The number of carbonyl (C=O) groups excluding carboxylic acids is 1. The van der Waals surface area contributed by atoms with Crippen LogP contribution in [0.5, 0.6) is 5.75 Å². The van der Waals surface area contributed by atoms with Crippen molar-refractivity contribution in [1.29, 1.82) is 5.26 Å². The van der Waals surface area contributed by atoms with E-state index in [1.165, 1.54) is 60.2 Å². The Balaban J connectivity index is 1.52. The van der Waals surface area contributed by atoms with Gasteiger partial charge in [0.2, 0.25) is 7.37 Å². The number of carbonyl (C=O) groups is 1. The lowest BCUT2D eigenvalue weighted by molar-refractivity contribution is -0.148. The fraction of sp³-hybridized carbons (Fsp3) is 0.219. The Morgan fingerprint density at radius 3 is 2.57 bits per heavy atom. The van der Waals surface area contributed by atoms with Crippen LogP contribution in [0.1, 0.15) is 39.3 Å². The monoisotopic (exact) mass is 663 g/mol. The molecule has 0 N–H and O–H groups in total. The van der Waals surface area contributed by atoms with Gasteiger partial charge in [-0.1, -0.05) is 37.3 Å². The zero-order valence-electron chi connectivity index (χ0n) is 25.0. The highest BCUT2D eigenvalue weighted by Gasteiger charge is 2.45. The van der Waals surface area contributed by atoms with Crippen molar-refractivity contribution in [2.24, 2.45) is 0 Å². The Morgan fingerprint density at radius 1 is 1.13 bits per heavy atom. The third-order valence-corrected chi connectivity index (χ3v) is 8.75. The van der Waals surface area contributed by atoms with Crippen LogP contribution in [0.15, 0.2) is 84.8 Å². The van der Waals surface area contributed by atoms with Gasteiger partial charge in [-0.25, -0.2) is 28.2 Å². The van der Waals surface area contributed by atoms with Crippen molar-refractivity contribution in [3.05, 3.63) is 118 Å². The lowest BCUT2D eigenvalue weighted by Gasteiger charge is -2.38. The zero-order chi connectivity index (χ0) is 32.9. The highest BCUT2D eigenvalue weighted by atomic mass is 32.1. The van der Waals surface area contributed by atoms with Gasteiger partial charge in [0.15, 0.2) is 6.79 Å². The number of hydrogen-bond acceptors (Lipinski definition) is 10. The Bertz CT molecular complexity index is 1920. The molecule has 2 atom stereocenters. The van der Waals surface area contributed by atoms with E-state index in [0.717, 1.165) is 17.7 Å². The molecule has 46 heavy (non-hydrogen) atoms. The smallest absolute Gasteiger partial charge is 0.344 e. The van der Waals surface area contributed by atoms with Crippen LogP contribution < -0.4 is 4.52 Å². The molecule has 0 bridgehead atoms. The van der Waals surface area contributed by atoms with Crippen molar-refractivity contribution in [2.45, 2.75) is 25.0 Å². The lowest BCUT2D eigenvalue weighted by Crippen LogP contribution is -2.42. The lowest BCUT2D eigenvalue weighted by atomic mass is 9.81. The van der Waals surface area contributed by atoms with E-state index in [-0.39, 0.29) is 23.4 Å². The van der Waals surface area contributed by atoms with Crippen molar-refractivity contribution in [1.82, 2.24) is 19.7 Å². The van der Waals surface area contributed by atoms with Crippen LogP contribution >= 0.6 is 18.7 Å². The molecule has 3 aromatic carbocycles. The molecule has 0 fully saturated rings. The first-order chi connectivity index (χ1) is 22.0. The van der Waals surface area contributed by atoms with Crippen LogP contribution in [0.3, 0.4) is 0 Å². The topological polar surface area (TPSA) is 129 Å². The Hall–Kier alpha value is -4.76. The van der Waals surface area contributed by atoms with Crippen molar-refractivity contribution in [3.8, 4) is 23.1 Å². The number of rotatable bonds is 12. The Kier molecular flexibility index (Phi) is 9.72. The van der Waals surface area contributed by atoms with Gasteiger partial charge in [-0.05, 0) is 30.3 Å². The Labute approximate surface area is 267 Å². The first kappa shape index (κ1) is 32.6. The van der Waals surface area contributed by atoms with Crippen LogP contribution in [0.4, 0.5) is 8.78 Å². The van der Waals surface area contributed by atoms with Crippen LogP contribution in [-0.4, -0.2) is 45.8 Å². The summed E-state index contributed by atoms with van der Waals surface area (Å²) in [5.41, 5.74) is 0.237. The quantitative estimate of drug-likeness (QED) is 0.0787. The number of esters is 1. The van der Waals surface area contributed by atoms with Crippen LogP contribution in [0.25, 0.3) is 11.3 Å². The maximum Gasteiger partial charge on any atom is 0.344 e. The molecule has 0 amide bonds. The number of nitriles is 1. The first-order valence-electron chi connectivity index (χ1n) is 13.9. The number of benzene rings is 3. The summed E-state index contributed by atoms with van der Waals surface area (Å²) < 4.78 is 60.9. The number of ether oxygens (including phenoxy) is 2. The minimum Gasteiger partial charge on any atom is -0.442 e. The predicted molar refractivity (Wildman–Crippen MR) is 167 cm³/mol. The van der Waals surface area contributed by atoms with E-state index in [9.17, 15) is 13.8 Å². The largest absolute Gasteiger partial charge is 0.442 e. The summed E-state index contributed by atoms with van der Waals surface area (Å²) in [6.07, 6.45) is 2.73. The molecular weight excluding hydrogens is 635 g/mol. The molecular formula is C32H28F2N5O5PS. The average Bonchev–Trinajstić information content (AvgIpc) is 3.73. The van der Waals surface area contributed by atoms with E-state index in [0.29, 0.717) is 16.3 Å². The van der Waals surface area contributed by atoms with Gasteiger partial charge in [0, 0.05) is 41.8 Å². The fourth-order valence-electron chi connectivity index (χ4n) is 4.84. The molecule has 0 radical (unpaired) electrons. The van der Waals surface area contributed by atoms with Crippen molar-refractivity contribution < 1.29 is 32.1 Å². The maximum absolute atomic E-state index is 15.7. The second-order valence-corrected chi connectivity index (χ2v) is 14.2. The molecule has 5 rings (SSSR count). The van der Waals surface area contributed by atoms with Gasteiger partial charge in [-0.3, -0.25) is 4.57 Å². The predicted octanol–water partition coefficient (Wildman–Crippen LogP) is 7.00. The molecule has 0 aliphatic rings. The van der Waals surface area contributed by atoms with Gasteiger partial charge < -0.3 is 14.0 Å². The summed E-state index contributed by atoms with van der Waals surface area (Å²) in [6.45, 7) is 3.83. The van der Waals surface area contributed by atoms with E-state index in [1.807, 2.05) is 5.38 Å². The minimum absolute atomic E-state index is 0.0184. The number of aromatic nitrogens is 4. The number of halogens is 2. The van der Waals surface area contributed by atoms with E-state index >= 15 is 4.39 Å². The van der Waals surface area contributed by atoms with E-state index < -0.39 is 43.3 Å². The number of para-hydroxylation sites is 1. The van der Waals surface area contributed by atoms with Crippen molar-refractivity contribution in [3.63, 3.8) is 0 Å². The van der Waals surface area contributed by atoms with Gasteiger partial charge in [0.25, 0.3) is 0 Å². The summed E-state index contributed by atoms with van der Waals surface area (Å²) in [4.78, 5) is 22.0. The van der Waals surface area contributed by atoms with E-state index in [2.05, 4.69) is 16.2 Å². The van der Waals surface area contributed by atoms with E-state index in [1.54, 1.807) is 43.3 Å². The molecule has 0 saturated carbocycles. The van der Waals surface area contributed by atoms with Crippen LogP contribution in [-0.2, 0) is 26.2 Å². The molecule has 10 nitrogen and oxygen atoms in total. The summed E-state index contributed by atoms with van der Waals surface area (Å²) >= 11 is 1.30. The number of nitrogens with zero attached hydrogens (tertiary/aromatic N) is 5. The first-order valence-corrected chi connectivity index (χ1v) is 17.3. The summed E-state index contributed by atoms with van der Waals surface area (Å²) in [5, 5.41) is 15.7. The molecule has 2 aromatic heterocycles. The highest BCUT2D eigenvalue weighted by Crippen LogP contribution is 2.45. The molecule has 1 unspecified atom stereocenters. The molecule has 0 spiro atoms. The van der Waals surface area contributed by atoms with Crippen molar-refractivity contribution in [2.75, 3.05) is 20.1 Å². The van der Waals surface area contributed by atoms with Gasteiger partial charge in [0.05, 0.1) is 28.9 Å². The van der Waals surface area contributed by atoms with Crippen LogP contribution in [0, 0.1) is 23.0 Å². The normalized spacial score (nSPS) is 13.4. The minimum atomic E-state index is -3.01. The number of hydrogen-bond donors (Lipinski definition) is 0. The maximum atomic E-state index is 15.7. The van der Waals surface area contributed by atoms with E-state index in [4.69, 9.17) is 24.2 Å². The van der Waals surface area contributed by atoms with Crippen LogP contribution in [0.2, 0.25) is 0 Å². The summed E-state index contributed by atoms with van der Waals surface area (Å²) in [6, 6.07) is 18.3. The number of thiazole rings is 1. The second kappa shape index (κ2) is 13.7. The highest BCUT2D eigenvalue weighted by molar-refractivity contribution is 7.57. The molecule has 14 heteroatoms. The van der Waals surface area contributed by atoms with Gasteiger partial charge in [-0.15, -0.1) is 11.3 Å². The zero-order valence-corrected chi connectivity index (χ0v) is 26.7. The Morgan fingerprint density at radius 2 is 1.89 bits per heavy atom.